The van der Waals surface area contributed by atoms with Gasteiger partial charge in [0.05, 0.1) is 0 Å². The highest BCUT2D eigenvalue weighted by Crippen LogP contribution is 2.41. The van der Waals surface area contributed by atoms with Crippen molar-refractivity contribution in [3.05, 3.63) is 35.9 Å². The second kappa shape index (κ2) is 4.38. The van der Waals surface area contributed by atoms with Crippen molar-refractivity contribution in [2.75, 3.05) is 0 Å². The lowest BCUT2D eigenvalue weighted by Gasteiger charge is -2.32. The Kier molecular flexibility index (Phi) is 3.10. The molecule has 0 unspecified atom stereocenters. The molecular weight excluding hydrogens is 200 g/mol. The third kappa shape index (κ3) is 1.78. The number of carbonyl (C=O) groups is 1. The van der Waals surface area contributed by atoms with Crippen molar-refractivity contribution in [1.29, 1.82) is 0 Å². The van der Waals surface area contributed by atoms with E-state index < -0.39 is 5.60 Å². The van der Waals surface area contributed by atoms with Crippen molar-refractivity contribution < 1.29 is 9.90 Å². The molecular formula is C14H18O2. The molecule has 1 aromatic carbocycles. The summed E-state index contributed by atoms with van der Waals surface area (Å²) >= 11 is 0. The molecule has 0 bridgehead atoms. The van der Waals surface area contributed by atoms with E-state index in [-0.39, 0.29) is 11.7 Å². The number of aliphatic hydroxyl groups is 1. The van der Waals surface area contributed by atoms with E-state index in [1.807, 2.05) is 30.3 Å². The van der Waals surface area contributed by atoms with Gasteiger partial charge in [0.2, 0.25) is 0 Å². The molecule has 2 rings (SSSR count). The fourth-order valence-electron chi connectivity index (χ4n) is 2.76. The largest absolute Gasteiger partial charge is 0.377 e. The van der Waals surface area contributed by atoms with Crippen LogP contribution in [0.4, 0.5) is 0 Å². The number of ketones is 1. The molecule has 1 atom stereocenters. The Bertz CT molecular complexity index is 366. The first-order valence-corrected chi connectivity index (χ1v) is 5.94. The fraction of sp³-hybridized carbons (Fsp3) is 0.500. The second-order valence-corrected chi connectivity index (χ2v) is 4.67. The van der Waals surface area contributed by atoms with Gasteiger partial charge in [-0.05, 0) is 31.2 Å². The van der Waals surface area contributed by atoms with Crippen molar-refractivity contribution >= 4 is 5.78 Å². The van der Waals surface area contributed by atoms with Gasteiger partial charge in [0.1, 0.15) is 0 Å². The van der Waals surface area contributed by atoms with Crippen LogP contribution in [0.3, 0.4) is 0 Å². The quantitative estimate of drug-likeness (QED) is 0.846. The Labute approximate surface area is 96.3 Å². The Morgan fingerprint density at radius 1 is 1.25 bits per heavy atom. The maximum atomic E-state index is 11.8. The molecule has 0 heterocycles. The summed E-state index contributed by atoms with van der Waals surface area (Å²) in [6.45, 7) is 1.49. The Hall–Kier alpha value is -1.15. The Balaban J connectivity index is 2.39. The van der Waals surface area contributed by atoms with Crippen LogP contribution in [0.2, 0.25) is 0 Å². The molecule has 0 aliphatic heterocycles. The first kappa shape index (κ1) is 11.3. The molecule has 86 valence electrons. The molecule has 0 spiro atoms. The van der Waals surface area contributed by atoms with Gasteiger partial charge in [0.15, 0.2) is 11.4 Å². The van der Waals surface area contributed by atoms with Crippen LogP contribution in [-0.2, 0) is 10.4 Å². The van der Waals surface area contributed by atoms with Gasteiger partial charge in [-0.3, -0.25) is 4.79 Å². The topological polar surface area (TPSA) is 37.3 Å². The van der Waals surface area contributed by atoms with Gasteiger partial charge < -0.3 is 5.11 Å². The number of rotatable bonds is 3. The van der Waals surface area contributed by atoms with E-state index in [1.54, 1.807) is 0 Å². The normalized spacial score (nSPS) is 20.6. The molecule has 16 heavy (non-hydrogen) atoms. The molecule has 0 saturated heterocycles. The van der Waals surface area contributed by atoms with Crippen LogP contribution in [0, 0.1) is 5.92 Å². The van der Waals surface area contributed by atoms with Crippen molar-refractivity contribution in [3.63, 3.8) is 0 Å². The van der Waals surface area contributed by atoms with Crippen LogP contribution in [0.15, 0.2) is 30.3 Å². The number of hydrogen-bond donors (Lipinski definition) is 1. The van der Waals surface area contributed by atoms with E-state index in [2.05, 4.69) is 0 Å². The zero-order chi connectivity index (χ0) is 11.6. The summed E-state index contributed by atoms with van der Waals surface area (Å²) in [5, 5.41) is 10.7. The van der Waals surface area contributed by atoms with E-state index in [9.17, 15) is 9.90 Å². The molecule has 0 aromatic heterocycles. The first-order chi connectivity index (χ1) is 7.65. The summed E-state index contributed by atoms with van der Waals surface area (Å²) in [6.07, 6.45) is 4.14. The lowest BCUT2D eigenvalue weighted by atomic mass is 9.77. The van der Waals surface area contributed by atoms with Crippen LogP contribution in [0.25, 0.3) is 0 Å². The van der Waals surface area contributed by atoms with E-state index in [0.717, 1.165) is 31.2 Å². The molecule has 1 aliphatic carbocycles. The number of benzene rings is 1. The van der Waals surface area contributed by atoms with Crippen LogP contribution >= 0.6 is 0 Å². The predicted molar refractivity (Wildman–Crippen MR) is 63.0 cm³/mol. The summed E-state index contributed by atoms with van der Waals surface area (Å²) in [7, 11) is 0. The van der Waals surface area contributed by atoms with Crippen LogP contribution in [0.1, 0.15) is 38.2 Å². The standard InChI is InChI=1S/C14H18O2/c1-11(15)14(16,13-9-5-6-10-13)12-7-3-2-4-8-12/h2-4,7-8,13,16H,5-6,9-10H2,1H3/t14-/m1/s1. The molecule has 2 heteroatoms. The average Bonchev–Trinajstić information content (AvgIpc) is 2.82. The maximum absolute atomic E-state index is 11.8. The van der Waals surface area contributed by atoms with Gasteiger partial charge in [0, 0.05) is 0 Å². The van der Waals surface area contributed by atoms with Crippen LogP contribution < -0.4 is 0 Å². The molecule has 0 radical (unpaired) electrons. The number of carbonyl (C=O) groups excluding carboxylic acids is 1. The Morgan fingerprint density at radius 3 is 2.31 bits per heavy atom. The zero-order valence-electron chi connectivity index (χ0n) is 9.65. The maximum Gasteiger partial charge on any atom is 0.166 e. The van der Waals surface area contributed by atoms with Gasteiger partial charge in [-0.2, -0.15) is 0 Å². The minimum atomic E-state index is -1.27. The summed E-state index contributed by atoms with van der Waals surface area (Å²) in [5.74, 6) is -0.0435. The van der Waals surface area contributed by atoms with Gasteiger partial charge in [0.25, 0.3) is 0 Å². The van der Waals surface area contributed by atoms with Gasteiger partial charge in [-0.25, -0.2) is 0 Å². The number of hydrogen-bond acceptors (Lipinski definition) is 2. The third-order valence-corrected chi connectivity index (χ3v) is 3.70. The van der Waals surface area contributed by atoms with E-state index in [1.165, 1.54) is 6.92 Å². The Morgan fingerprint density at radius 2 is 1.81 bits per heavy atom. The highest BCUT2D eigenvalue weighted by molar-refractivity contribution is 5.86. The van der Waals surface area contributed by atoms with Gasteiger partial charge >= 0.3 is 0 Å². The SMILES string of the molecule is CC(=O)[C@@](O)(c1ccccc1)C1CCCC1. The van der Waals surface area contributed by atoms with Gasteiger partial charge in [-0.15, -0.1) is 0 Å². The third-order valence-electron chi connectivity index (χ3n) is 3.70. The summed E-state index contributed by atoms with van der Waals surface area (Å²) in [5.41, 5.74) is -0.521. The highest BCUT2D eigenvalue weighted by atomic mass is 16.3. The summed E-state index contributed by atoms with van der Waals surface area (Å²) < 4.78 is 0. The minimum absolute atomic E-state index is 0.0902. The molecule has 1 N–H and O–H groups in total. The zero-order valence-corrected chi connectivity index (χ0v) is 9.65. The smallest absolute Gasteiger partial charge is 0.166 e. The van der Waals surface area contributed by atoms with Crippen molar-refractivity contribution in [3.8, 4) is 0 Å². The van der Waals surface area contributed by atoms with E-state index in [0.29, 0.717) is 0 Å². The fourth-order valence-corrected chi connectivity index (χ4v) is 2.76. The minimum Gasteiger partial charge on any atom is -0.377 e. The second-order valence-electron chi connectivity index (χ2n) is 4.67. The van der Waals surface area contributed by atoms with Crippen LogP contribution in [0.5, 0.6) is 0 Å². The highest BCUT2D eigenvalue weighted by Gasteiger charge is 2.43. The van der Waals surface area contributed by atoms with Crippen molar-refractivity contribution in [1.82, 2.24) is 0 Å². The average molecular weight is 218 g/mol. The molecule has 0 amide bonds. The molecule has 1 aliphatic rings. The first-order valence-electron chi connectivity index (χ1n) is 5.94. The molecule has 1 saturated carbocycles. The summed E-state index contributed by atoms with van der Waals surface area (Å²) in [6, 6.07) is 9.34. The monoisotopic (exact) mass is 218 g/mol. The van der Waals surface area contributed by atoms with Crippen LogP contribution in [-0.4, -0.2) is 10.9 Å². The predicted octanol–water partition coefficient (Wildman–Crippen LogP) is 2.65. The van der Waals surface area contributed by atoms with Gasteiger partial charge in [-0.1, -0.05) is 43.2 Å². The lowest BCUT2D eigenvalue weighted by Crippen LogP contribution is -2.40. The molecule has 1 fully saturated rings. The van der Waals surface area contributed by atoms with E-state index >= 15 is 0 Å². The van der Waals surface area contributed by atoms with Crippen molar-refractivity contribution in [2.24, 2.45) is 5.92 Å². The summed E-state index contributed by atoms with van der Waals surface area (Å²) in [4.78, 5) is 11.8. The molecule has 2 nitrogen and oxygen atoms in total. The molecule has 1 aromatic rings. The van der Waals surface area contributed by atoms with Crippen molar-refractivity contribution in [2.45, 2.75) is 38.2 Å². The number of Topliss-reactive ketones (excluding diaryl/α,β-unsaturated/α-hetero) is 1. The lowest BCUT2D eigenvalue weighted by molar-refractivity contribution is -0.142. The van der Waals surface area contributed by atoms with E-state index in [4.69, 9.17) is 0 Å².